The molecule has 0 aliphatic rings. The molecule has 8 nitrogen and oxygen atoms in total. The van der Waals surface area contributed by atoms with Gasteiger partial charge in [0, 0.05) is 32.3 Å². The second-order valence-corrected chi connectivity index (χ2v) is 12.7. The lowest BCUT2D eigenvalue weighted by Gasteiger charge is -2.16. The topological polar surface area (TPSA) is 144 Å². The lowest BCUT2D eigenvalue weighted by atomic mass is 10.1. The maximum atomic E-state index is 14.4. The van der Waals surface area contributed by atoms with Crippen LogP contribution in [0, 0.1) is 0 Å². The summed E-state index contributed by atoms with van der Waals surface area (Å²) in [6, 6.07) is 6.34. The molecule has 0 aliphatic heterocycles. The lowest BCUT2D eigenvalue weighted by molar-refractivity contribution is 0.0595. The van der Waals surface area contributed by atoms with Crippen molar-refractivity contribution < 1.29 is 41.1 Å². The van der Waals surface area contributed by atoms with Gasteiger partial charge in [-0.3, -0.25) is 9.36 Å². The molecule has 1 heterocycles. The number of fused-ring (bicyclic) bond motifs is 1. The number of alkyl halides is 2. The van der Waals surface area contributed by atoms with Crippen LogP contribution in [0.5, 0.6) is 5.75 Å². The molecule has 3 aromatic rings. The minimum absolute atomic E-state index is 0.0131. The molecule has 0 fully saturated rings. The number of primary amides is 1. The van der Waals surface area contributed by atoms with Crippen molar-refractivity contribution in [3.05, 3.63) is 55.8 Å². The van der Waals surface area contributed by atoms with E-state index in [1.165, 1.54) is 30.3 Å². The number of benzene rings is 2. The van der Waals surface area contributed by atoms with E-state index < -0.39 is 33.9 Å². The van der Waals surface area contributed by atoms with E-state index in [1.54, 1.807) is 0 Å². The zero-order valence-electron chi connectivity index (χ0n) is 16.4. The van der Waals surface area contributed by atoms with E-state index in [1.807, 2.05) is 0 Å². The smallest absolute Gasteiger partial charge is 0.400 e. The fourth-order valence-corrected chi connectivity index (χ4v) is 6.67. The molecule has 0 radical (unpaired) electrons. The standard InChI is InChI=1S/C18H14BrClF2NO7PS2/c1-33(28,29)10-3-2-8(12(20)6-10)7-30-13-5-9(17(23)24)4-11-14(19)16(32-15(11)13)18(21,22)31(25,26)27/h2-6H,7H2,1H3,(H2,23,24)(H2,25,26,27). The molecule has 0 aliphatic carbocycles. The van der Waals surface area contributed by atoms with Crippen LogP contribution in [0.25, 0.3) is 10.1 Å². The Morgan fingerprint density at radius 3 is 2.45 bits per heavy atom. The maximum absolute atomic E-state index is 14.4. The largest absolute Gasteiger partial charge is 0.487 e. The first kappa shape index (κ1) is 26.0. The normalized spacial score (nSPS) is 12.8. The molecule has 0 saturated carbocycles. The summed E-state index contributed by atoms with van der Waals surface area (Å²) < 4.78 is 68.9. The Labute approximate surface area is 203 Å². The summed E-state index contributed by atoms with van der Waals surface area (Å²) in [7, 11) is -9.36. The van der Waals surface area contributed by atoms with E-state index in [0.717, 1.165) is 6.26 Å². The van der Waals surface area contributed by atoms with Crippen LogP contribution in [0.2, 0.25) is 5.02 Å². The summed E-state index contributed by atoms with van der Waals surface area (Å²) in [6.07, 6.45) is 1.01. The first-order chi connectivity index (χ1) is 15.0. The Hall–Kier alpha value is -1.60. The summed E-state index contributed by atoms with van der Waals surface area (Å²) >= 11 is 9.44. The molecule has 3 rings (SSSR count). The van der Waals surface area contributed by atoms with E-state index in [9.17, 15) is 26.6 Å². The van der Waals surface area contributed by atoms with Crippen LogP contribution in [-0.2, 0) is 26.7 Å². The molecule has 1 aromatic heterocycles. The van der Waals surface area contributed by atoms with Gasteiger partial charge in [-0.2, -0.15) is 8.78 Å². The molecule has 2 aromatic carbocycles. The minimum atomic E-state index is -5.86. The molecule has 15 heteroatoms. The first-order valence-electron chi connectivity index (χ1n) is 8.65. The zero-order chi connectivity index (χ0) is 24.9. The van der Waals surface area contributed by atoms with Crippen molar-refractivity contribution in [3.63, 3.8) is 0 Å². The van der Waals surface area contributed by atoms with Crippen LogP contribution in [-0.4, -0.2) is 30.4 Å². The third-order valence-electron chi connectivity index (χ3n) is 4.45. The SMILES string of the molecule is CS(=O)(=O)c1ccc(COc2cc(C(N)=O)cc3c(Br)c(C(F)(F)P(=O)(O)O)sc23)c(Cl)c1. The van der Waals surface area contributed by atoms with Crippen LogP contribution < -0.4 is 10.5 Å². The highest BCUT2D eigenvalue weighted by atomic mass is 79.9. The van der Waals surface area contributed by atoms with Crippen molar-refractivity contribution in [1.82, 2.24) is 0 Å². The van der Waals surface area contributed by atoms with Crippen molar-refractivity contribution in [2.45, 2.75) is 17.2 Å². The highest BCUT2D eigenvalue weighted by Crippen LogP contribution is 2.63. The molecule has 0 saturated heterocycles. The van der Waals surface area contributed by atoms with Crippen LogP contribution in [0.15, 0.2) is 39.7 Å². The molecule has 0 bridgehead atoms. The number of rotatable bonds is 7. The summed E-state index contributed by atoms with van der Waals surface area (Å²) in [5.41, 5.74) is 1.08. The van der Waals surface area contributed by atoms with Crippen LogP contribution in [0.4, 0.5) is 8.78 Å². The summed E-state index contributed by atoms with van der Waals surface area (Å²) in [4.78, 5) is 29.0. The van der Waals surface area contributed by atoms with Gasteiger partial charge in [0.25, 0.3) is 0 Å². The molecule has 0 unspecified atom stereocenters. The fraction of sp³-hybridized carbons (Fsp3) is 0.167. The number of halogens is 4. The molecule has 0 atom stereocenters. The Balaban J connectivity index is 2.10. The van der Waals surface area contributed by atoms with Crippen molar-refractivity contribution in [1.29, 1.82) is 0 Å². The predicted molar refractivity (Wildman–Crippen MR) is 123 cm³/mol. The summed E-state index contributed by atoms with van der Waals surface area (Å²) in [5, 5.41) is 0.106. The van der Waals surface area contributed by atoms with Gasteiger partial charge in [0.1, 0.15) is 17.2 Å². The van der Waals surface area contributed by atoms with E-state index >= 15 is 0 Å². The Bertz CT molecular complexity index is 1440. The number of hydrogen-bond donors (Lipinski definition) is 3. The second kappa shape index (κ2) is 8.88. The van der Waals surface area contributed by atoms with Crippen LogP contribution >= 0.6 is 46.5 Å². The van der Waals surface area contributed by atoms with Gasteiger partial charge in [-0.1, -0.05) is 17.7 Å². The van der Waals surface area contributed by atoms with Gasteiger partial charge in [-0.25, -0.2) is 8.42 Å². The number of sulfone groups is 1. The maximum Gasteiger partial charge on any atom is 0.400 e. The van der Waals surface area contributed by atoms with Crippen LogP contribution in [0.3, 0.4) is 0 Å². The number of amides is 1. The predicted octanol–water partition coefficient (Wildman–Crippen LogP) is 4.63. The van der Waals surface area contributed by atoms with Gasteiger partial charge >= 0.3 is 13.3 Å². The summed E-state index contributed by atoms with van der Waals surface area (Å²) in [5.74, 6) is -0.957. The molecule has 0 spiro atoms. The monoisotopic (exact) mass is 603 g/mol. The first-order valence-corrected chi connectivity index (χ1v) is 14.1. The number of ether oxygens (including phenoxy) is 1. The van der Waals surface area contributed by atoms with E-state index in [-0.39, 0.29) is 42.4 Å². The third-order valence-corrected chi connectivity index (χ3v) is 9.40. The quantitative estimate of drug-likeness (QED) is 0.334. The van der Waals surface area contributed by atoms with Crippen molar-refractivity contribution in [2.75, 3.05) is 6.26 Å². The average molecular weight is 605 g/mol. The highest BCUT2D eigenvalue weighted by molar-refractivity contribution is 9.10. The van der Waals surface area contributed by atoms with Crippen LogP contribution in [0.1, 0.15) is 20.8 Å². The second-order valence-electron chi connectivity index (χ2n) is 6.86. The van der Waals surface area contributed by atoms with Gasteiger partial charge in [0.05, 0.1) is 9.60 Å². The van der Waals surface area contributed by atoms with E-state index in [0.29, 0.717) is 16.9 Å². The third kappa shape index (κ3) is 5.09. The summed E-state index contributed by atoms with van der Waals surface area (Å²) in [6.45, 7) is -0.236. The zero-order valence-corrected chi connectivity index (χ0v) is 21.3. The molecule has 178 valence electrons. The Morgan fingerprint density at radius 2 is 1.94 bits per heavy atom. The molecule has 1 amide bonds. The number of thiophene rings is 1. The van der Waals surface area contributed by atoms with Crippen molar-refractivity contribution in [2.24, 2.45) is 5.73 Å². The lowest BCUT2D eigenvalue weighted by Crippen LogP contribution is -2.12. The van der Waals surface area contributed by atoms with Gasteiger partial charge < -0.3 is 20.3 Å². The van der Waals surface area contributed by atoms with E-state index in [2.05, 4.69) is 15.9 Å². The van der Waals surface area contributed by atoms with Gasteiger partial charge in [-0.05, 0) is 40.2 Å². The van der Waals surface area contributed by atoms with E-state index in [4.69, 9.17) is 31.9 Å². The van der Waals surface area contributed by atoms with Gasteiger partial charge in [-0.15, -0.1) is 11.3 Å². The molecule has 4 N–H and O–H groups in total. The van der Waals surface area contributed by atoms with Gasteiger partial charge in [0.2, 0.25) is 5.91 Å². The number of hydrogen-bond acceptors (Lipinski definition) is 6. The number of carbonyl (C=O) groups is 1. The number of carbonyl (C=O) groups excluding carboxylic acids is 1. The minimum Gasteiger partial charge on any atom is -0.487 e. The molecule has 33 heavy (non-hydrogen) atoms. The molecular weight excluding hydrogens is 591 g/mol. The average Bonchev–Trinajstić information content (AvgIpc) is 3.02. The Kier molecular flexibility index (Phi) is 7.00. The number of nitrogens with two attached hydrogens (primary N) is 1. The molecular formula is C18H14BrClF2NO7PS2. The van der Waals surface area contributed by atoms with Crippen molar-refractivity contribution in [3.8, 4) is 5.75 Å². The highest BCUT2D eigenvalue weighted by Gasteiger charge is 2.53. The Morgan fingerprint density at radius 1 is 1.30 bits per heavy atom. The fourth-order valence-electron chi connectivity index (χ4n) is 2.75. The van der Waals surface area contributed by atoms with Crippen molar-refractivity contribution >= 4 is 72.3 Å². The van der Waals surface area contributed by atoms with Gasteiger partial charge in [0.15, 0.2) is 9.84 Å².